The quantitative estimate of drug-likeness (QED) is 0.351. The van der Waals surface area contributed by atoms with E-state index < -0.39 is 0 Å². The van der Waals surface area contributed by atoms with Gasteiger partial charge in [-0.15, -0.1) is 0 Å². The van der Waals surface area contributed by atoms with Crippen LogP contribution in [0.2, 0.25) is 0 Å². The normalized spacial score (nSPS) is 17.6. The van der Waals surface area contributed by atoms with Crippen molar-refractivity contribution in [1.29, 1.82) is 0 Å². The summed E-state index contributed by atoms with van der Waals surface area (Å²) in [5.41, 5.74) is 5.36. The third-order valence-electron chi connectivity index (χ3n) is 6.68. The van der Waals surface area contributed by atoms with Crippen LogP contribution in [0.1, 0.15) is 58.5 Å². The smallest absolute Gasteiger partial charge is 0.231 e. The lowest BCUT2D eigenvalue weighted by Gasteiger charge is -2.24. The third kappa shape index (κ3) is 6.63. The van der Waals surface area contributed by atoms with Gasteiger partial charge in [-0.2, -0.15) is 0 Å². The van der Waals surface area contributed by atoms with Crippen LogP contribution in [-0.4, -0.2) is 50.7 Å². The van der Waals surface area contributed by atoms with Gasteiger partial charge in [-0.3, -0.25) is 0 Å². The van der Waals surface area contributed by atoms with Gasteiger partial charge in [0.2, 0.25) is 6.79 Å². The van der Waals surface area contributed by atoms with E-state index >= 15 is 0 Å². The molecule has 188 valence electrons. The fourth-order valence-electron chi connectivity index (χ4n) is 4.46. The fraction of sp³-hybridized carbons (Fsp3) is 0.536. The number of ether oxygens (including phenoxy) is 3. The molecule has 0 spiro atoms. The molecule has 0 saturated carbocycles. The molecule has 1 aliphatic heterocycles. The first kappa shape index (κ1) is 26.3. The summed E-state index contributed by atoms with van der Waals surface area (Å²) in [7, 11) is 3.76. The predicted octanol–water partition coefficient (Wildman–Crippen LogP) is 6.25. The van der Waals surface area contributed by atoms with Crippen molar-refractivity contribution in [2.45, 2.75) is 52.4 Å². The molecule has 2 aromatic rings. The summed E-state index contributed by atoms with van der Waals surface area (Å²) >= 11 is 5.48. The van der Waals surface area contributed by atoms with Crippen LogP contribution in [0.4, 0.5) is 0 Å². The van der Waals surface area contributed by atoms with Crippen molar-refractivity contribution in [3.63, 3.8) is 0 Å². The van der Waals surface area contributed by atoms with Crippen molar-refractivity contribution in [2.75, 3.05) is 40.6 Å². The zero-order valence-corrected chi connectivity index (χ0v) is 22.2. The van der Waals surface area contributed by atoms with E-state index in [0.29, 0.717) is 25.2 Å². The number of hydrogen-bond acceptors (Lipinski definition) is 4. The molecule has 0 aromatic heterocycles. The van der Waals surface area contributed by atoms with E-state index in [1.54, 1.807) is 7.11 Å². The highest BCUT2D eigenvalue weighted by molar-refractivity contribution is 7.80. The maximum atomic E-state index is 5.54. The van der Waals surface area contributed by atoms with Gasteiger partial charge in [0.15, 0.2) is 16.6 Å². The van der Waals surface area contributed by atoms with Gasteiger partial charge < -0.3 is 24.4 Å². The van der Waals surface area contributed by atoms with Crippen LogP contribution in [-0.2, 0) is 11.2 Å². The average Bonchev–Trinajstić information content (AvgIpc) is 3.45. The fourth-order valence-corrected chi connectivity index (χ4v) is 4.66. The lowest BCUT2D eigenvalue weighted by Crippen LogP contribution is -2.39. The Labute approximate surface area is 212 Å². The Morgan fingerprint density at radius 2 is 1.82 bits per heavy atom. The van der Waals surface area contributed by atoms with Gasteiger partial charge in [-0.05, 0) is 71.3 Å². The van der Waals surface area contributed by atoms with Gasteiger partial charge in [0.25, 0.3) is 0 Å². The van der Waals surface area contributed by atoms with E-state index in [4.69, 9.17) is 26.4 Å². The van der Waals surface area contributed by atoms with Crippen LogP contribution in [0.15, 0.2) is 36.4 Å². The summed E-state index contributed by atoms with van der Waals surface area (Å²) in [5, 5.41) is 4.03. The Kier molecular flexibility index (Phi) is 10.0. The molecule has 0 saturated heterocycles. The summed E-state index contributed by atoms with van der Waals surface area (Å²) in [6, 6.07) is 13.1. The molecule has 34 heavy (non-hydrogen) atoms. The minimum absolute atomic E-state index is 0. The molecule has 6 heteroatoms. The van der Waals surface area contributed by atoms with Crippen LogP contribution in [0.25, 0.3) is 11.1 Å². The van der Waals surface area contributed by atoms with E-state index in [1.165, 1.54) is 35.1 Å². The van der Waals surface area contributed by atoms with Crippen LogP contribution < -0.4 is 14.8 Å². The van der Waals surface area contributed by atoms with Gasteiger partial charge in [0, 0.05) is 28.7 Å². The Morgan fingerprint density at radius 3 is 2.56 bits per heavy atom. The van der Waals surface area contributed by atoms with E-state index in [-0.39, 0.29) is 1.43 Å². The number of thiocarbonyl (C=S) groups is 1. The molecule has 0 radical (unpaired) electrons. The molecule has 0 fully saturated rings. The van der Waals surface area contributed by atoms with E-state index in [1.807, 2.05) is 6.07 Å². The summed E-state index contributed by atoms with van der Waals surface area (Å²) in [6.45, 7) is 9.37. The molecule has 2 aromatic carbocycles. The molecule has 1 aliphatic carbocycles. The topological polar surface area (TPSA) is 43.0 Å². The first-order valence-electron chi connectivity index (χ1n) is 12.5. The number of unbranched alkanes of at least 4 members (excludes halogenated alkanes) is 1. The second-order valence-corrected chi connectivity index (χ2v) is 9.59. The first-order chi connectivity index (χ1) is 16.5. The lowest BCUT2D eigenvalue weighted by atomic mass is 9.90. The van der Waals surface area contributed by atoms with Crippen molar-refractivity contribution in [3.8, 4) is 22.6 Å². The Balaban J connectivity index is 0.000000804. The SMILES string of the molecule is CCCC.COCCNC(=S)N(C)CC[C@H]1c2ccc(-c3ccc4c(c3)OCO4)cc2C[C@H]1C.[HH]. The molecular weight excluding hydrogens is 444 g/mol. The molecule has 0 unspecified atom stereocenters. The van der Waals surface area contributed by atoms with Gasteiger partial charge in [-0.25, -0.2) is 0 Å². The van der Waals surface area contributed by atoms with Gasteiger partial charge in [0.1, 0.15) is 0 Å². The van der Waals surface area contributed by atoms with E-state index in [9.17, 15) is 0 Å². The second-order valence-electron chi connectivity index (χ2n) is 9.20. The average molecular weight is 487 g/mol. The molecule has 4 rings (SSSR count). The molecule has 2 aliphatic rings. The Bertz CT molecular complexity index is 954. The molecule has 0 amide bonds. The van der Waals surface area contributed by atoms with Crippen molar-refractivity contribution in [3.05, 3.63) is 47.5 Å². The maximum Gasteiger partial charge on any atom is 0.231 e. The van der Waals surface area contributed by atoms with Crippen LogP contribution in [0.5, 0.6) is 11.5 Å². The summed E-state index contributed by atoms with van der Waals surface area (Å²) < 4.78 is 16.1. The second kappa shape index (κ2) is 13.0. The summed E-state index contributed by atoms with van der Waals surface area (Å²) in [6.07, 6.45) is 4.86. The molecular formula is C28H42N2O3S. The number of hydrogen-bond donors (Lipinski definition) is 1. The number of methoxy groups -OCH3 is 1. The van der Waals surface area contributed by atoms with Gasteiger partial charge in [0.05, 0.1) is 6.61 Å². The zero-order valence-electron chi connectivity index (χ0n) is 21.4. The number of benzene rings is 2. The Morgan fingerprint density at radius 1 is 1.12 bits per heavy atom. The minimum atomic E-state index is 0. The van der Waals surface area contributed by atoms with Gasteiger partial charge in [-0.1, -0.05) is 57.9 Å². The molecule has 0 bridgehead atoms. The van der Waals surface area contributed by atoms with Crippen LogP contribution in [0.3, 0.4) is 0 Å². The number of rotatable bonds is 8. The van der Waals surface area contributed by atoms with Crippen LogP contribution in [0, 0.1) is 5.92 Å². The Hall–Kier alpha value is -2.31. The molecule has 5 nitrogen and oxygen atoms in total. The van der Waals surface area contributed by atoms with Crippen LogP contribution >= 0.6 is 12.2 Å². The van der Waals surface area contributed by atoms with Crippen molar-refractivity contribution < 1.29 is 15.6 Å². The molecule has 1 N–H and O–H groups in total. The summed E-state index contributed by atoms with van der Waals surface area (Å²) in [4.78, 5) is 2.14. The zero-order chi connectivity index (χ0) is 24.5. The highest BCUT2D eigenvalue weighted by Gasteiger charge is 2.29. The monoisotopic (exact) mass is 486 g/mol. The lowest BCUT2D eigenvalue weighted by molar-refractivity contribution is 0.174. The standard InChI is InChI=1S/C24H30N2O3S.C4H10.H2/c1-16-12-19-13-17(18-5-7-22-23(14-18)29-15-28-22)4-6-21(19)20(16)8-10-26(2)24(30)25-9-11-27-3;1-3-4-2;/h4-7,13-14,16,20H,8-12,15H2,1-3H3,(H,25,30);3-4H2,1-2H3;1H/t16-,20-;;/m1../s1. The number of fused-ring (bicyclic) bond motifs is 2. The third-order valence-corrected chi connectivity index (χ3v) is 7.14. The van der Waals surface area contributed by atoms with Gasteiger partial charge >= 0.3 is 0 Å². The first-order valence-corrected chi connectivity index (χ1v) is 12.9. The maximum absolute atomic E-state index is 5.54. The van der Waals surface area contributed by atoms with Crippen molar-refractivity contribution in [1.82, 2.24) is 10.2 Å². The highest BCUT2D eigenvalue weighted by Crippen LogP contribution is 2.42. The number of nitrogens with zero attached hydrogens (tertiary/aromatic N) is 1. The van der Waals surface area contributed by atoms with E-state index in [2.05, 4.69) is 68.4 Å². The van der Waals surface area contributed by atoms with E-state index in [0.717, 1.165) is 42.5 Å². The van der Waals surface area contributed by atoms with Crippen molar-refractivity contribution >= 4 is 17.3 Å². The summed E-state index contributed by atoms with van der Waals surface area (Å²) in [5.74, 6) is 2.86. The molecule has 1 heterocycles. The highest BCUT2D eigenvalue weighted by atomic mass is 32.1. The molecule has 2 atom stereocenters. The van der Waals surface area contributed by atoms with Crippen molar-refractivity contribution in [2.24, 2.45) is 5.92 Å². The predicted molar refractivity (Wildman–Crippen MR) is 146 cm³/mol. The largest absolute Gasteiger partial charge is 0.454 e. The minimum Gasteiger partial charge on any atom is -0.454 e. The number of nitrogens with one attached hydrogen (secondary N) is 1.